The fraction of sp³-hybridized carbons (Fsp3) is 0.200. The number of nitrogens with zero attached hydrogens (tertiary/aromatic N) is 2. The maximum Gasteiger partial charge on any atom is 0.416 e. The van der Waals surface area contributed by atoms with Gasteiger partial charge in [0.15, 0.2) is 0 Å². The topological polar surface area (TPSA) is 40.6 Å². The molecule has 0 saturated carbocycles. The quantitative estimate of drug-likeness (QED) is 0.510. The minimum absolute atomic E-state index is 0.00527. The van der Waals surface area contributed by atoms with Crippen LogP contribution in [0.25, 0.3) is 0 Å². The Bertz CT molecular complexity index is 1260. The number of halogens is 3. The molecule has 8 heteroatoms. The van der Waals surface area contributed by atoms with Gasteiger partial charge in [0, 0.05) is 11.3 Å². The van der Waals surface area contributed by atoms with Crippen LogP contribution in [0, 0.1) is 6.92 Å². The summed E-state index contributed by atoms with van der Waals surface area (Å²) in [6.45, 7) is 2.27. The second-order valence-corrected chi connectivity index (χ2v) is 9.27. The number of anilines is 2. The zero-order valence-electron chi connectivity index (χ0n) is 17.6. The predicted molar refractivity (Wildman–Crippen MR) is 122 cm³/mol. The number of para-hydroxylation sites is 1. The predicted octanol–water partition coefficient (Wildman–Crippen LogP) is 5.49. The summed E-state index contributed by atoms with van der Waals surface area (Å²) in [5.74, 6) is -0.744. The molecule has 1 fully saturated rings. The first-order chi connectivity index (χ1) is 15.7. The third kappa shape index (κ3) is 3.40. The fourth-order valence-electron chi connectivity index (χ4n) is 4.41. The Balaban J connectivity index is 1.63. The van der Waals surface area contributed by atoms with Gasteiger partial charge in [-0.2, -0.15) is 13.2 Å². The number of carbonyl (C=O) groups excluding carboxylic acids is 2. The molecule has 3 aromatic carbocycles. The van der Waals surface area contributed by atoms with Crippen LogP contribution in [0.5, 0.6) is 0 Å². The van der Waals surface area contributed by atoms with Gasteiger partial charge in [-0.25, -0.2) is 0 Å². The molecule has 1 spiro atoms. The third-order valence-electron chi connectivity index (χ3n) is 5.96. The van der Waals surface area contributed by atoms with E-state index in [0.717, 1.165) is 35.0 Å². The van der Waals surface area contributed by atoms with Gasteiger partial charge in [0.05, 0.1) is 23.5 Å². The maximum absolute atomic E-state index is 14.0. The monoisotopic (exact) mass is 468 g/mol. The summed E-state index contributed by atoms with van der Waals surface area (Å²) in [6.07, 6.45) is -4.56. The van der Waals surface area contributed by atoms with Crippen molar-refractivity contribution in [2.75, 3.05) is 15.6 Å². The van der Waals surface area contributed by atoms with Crippen LogP contribution in [-0.4, -0.2) is 17.6 Å². The average molecular weight is 469 g/mol. The number of alkyl halides is 3. The number of amides is 2. The van der Waals surface area contributed by atoms with E-state index >= 15 is 0 Å². The van der Waals surface area contributed by atoms with Crippen molar-refractivity contribution in [1.82, 2.24) is 0 Å². The van der Waals surface area contributed by atoms with Crippen molar-refractivity contribution in [2.45, 2.75) is 24.5 Å². The minimum atomic E-state index is -4.56. The first kappa shape index (κ1) is 21.6. The number of rotatable bonds is 3. The molecule has 2 amide bonds. The largest absolute Gasteiger partial charge is 0.416 e. The molecule has 5 rings (SSSR count). The Labute approximate surface area is 193 Å². The van der Waals surface area contributed by atoms with E-state index in [-0.39, 0.29) is 17.3 Å². The molecule has 1 saturated heterocycles. The molecule has 0 bridgehead atoms. The van der Waals surface area contributed by atoms with Gasteiger partial charge in [0.25, 0.3) is 5.91 Å². The highest BCUT2D eigenvalue weighted by molar-refractivity contribution is 8.02. The first-order valence-corrected chi connectivity index (χ1v) is 11.3. The van der Waals surface area contributed by atoms with Crippen molar-refractivity contribution in [3.8, 4) is 0 Å². The van der Waals surface area contributed by atoms with E-state index in [0.29, 0.717) is 17.8 Å². The van der Waals surface area contributed by atoms with E-state index in [1.807, 2.05) is 43.3 Å². The molecule has 33 heavy (non-hydrogen) atoms. The molecule has 168 valence electrons. The first-order valence-electron chi connectivity index (χ1n) is 10.3. The van der Waals surface area contributed by atoms with Gasteiger partial charge in [-0.1, -0.05) is 54.1 Å². The molecule has 2 heterocycles. The lowest BCUT2D eigenvalue weighted by Crippen LogP contribution is -2.49. The van der Waals surface area contributed by atoms with Crippen LogP contribution in [0.2, 0.25) is 0 Å². The molecular formula is C25H19F3N2O2S. The van der Waals surface area contributed by atoms with Crippen LogP contribution in [0.15, 0.2) is 72.8 Å². The molecule has 1 atom stereocenters. The van der Waals surface area contributed by atoms with E-state index in [2.05, 4.69) is 0 Å². The Morgan fingerprint density at radius 3 is 2.42 bits per heavy atom. The number of benzene rings is 3. The number of fused-ring (bicyclic) bond motifs is 2. The van der Waals surface area contributed by atoms with Crippen molar-refractivity contribution < 1.29 is 22.8 Å². The normalized spacial score (nSPS) is 20.1. The summed E-state index contributed by atoms with van der Waals surface area (Å²) in [5, 5.41) is 0. The molecule has 4 nitrogen and oxygen atoms in total. The van der Waals surface area contributed by atoms with E-state index < -0.39 is 22.5 Å². The van der Waals surface area contributed by atoms with Crippen molar-refractivity contribution >= 4 is 35.0 Å². The van der Waals surface area contributed by atoms with Crippen molar-refractivity contribution in [1.29, 1.82) is 0 Å². The Hall–Kier alpha value is -3.26. The molecule has 3 aromatic rings. The van der Waals surface area contributed by atoms with Gasteiger partial charge in [0.1, 0.15) is 0 Å². The van der Waals surface area contributed by atoms with Crippen molar-refractivity contribution in [3.63, 3.8) is 0 Å². The van der Waals surface area contributed by atoms with Gasteiger partial charge in [-0.05, 0) is 36.8 Å². The van der Waals surface area contributed by atoms with Crippen LogP contribution in [0.1, 0.15) is 22.3 Å². The lowest BCUT2D eigenvalue weighted by Gasteiger charge is -2.33. The van der Waals surface area contributed by atoms with Crippen LogP contribution in [0.4, 0.5) is 24.5 Å². The van der Waals surface area contributed by atoms with Gasteiger partial charge in [0.2, 0.25) is 10.8 Å². The van der Waals surface area contributed by atoms with Crippen molar-refractivity contribution in [2.24, 2.45) is 0 Å². The van der Waals surface area contributed by atoms with Crippen LogP contribution < -0.4 is 9.80 Å². The highest BCUT2D eigenvalue weighted by atomic mass is 32.2. The van der Waals surface area contributed by atoms with Crippen LogP contribution >= 0.6 is 11.8 Å². The molecular weight excluding hydrogens is 449 g/mol. The number of thioether (sulfide) groups is 1. The zero-order valence-corrected chi connectivity index (χ0v) is 18.4. The maximum atomic E-state index is 14.0. The second kappa shape index (κ2) is 7.66. The summed E-state index contributed by atoms with van der Waals surface area (Å²) in [7, 11) is 0. The van der Waals surface area contributed by atoms with Gasteiger partial charge in [-0.15, -0.1) is 11.8 Å². The fourth-order valence-corrected chi connectivity index (χ4v) is 5.77. The lowest BCUT2D eigenvalue weighted by atomic mass is 10.0. The smallest absolute Gasteiger partial charge is 0.304 e. The number of aryl methyl sites for hydroxylation is 1. The number of hydrogen-bond donors (Lipinski definition) is 0. The molecule has 2 aliphatic heterocycles. The van der Waals surface area contributed by atoms with E-state index in [1.165, 1.54) is 17.0 Å². The Kier molecular flexibility index (Phi) is 5.01. The van der Waals surface area contributed by atoms with Crippen molar-refractivity contribution in [3.05, 3.63) is 95.1 Å². The van der Waals surface area contributed by atoms with E-state index in [9.17, 15) is 22.8 Å². The molecule has 2 aliphatic rings. The van der Waals surface area contributed by atoms with Crippen LogP contribution in [-0.2, 0) is 27.2 Å². The SMILES string of the molecule is Cc1ccc(CN2C(=O)[C@]3(SCC(=O)N3c3cccc(C(F)(F)F)c3)c3ccccc32)cc1. The zero-order chi connectivity index (χ0) is 23.4. The summed E-state index contributed by atoms with van der Waals surface area (Å²) < 4.78 is 40.2. The highest BCUT2D eigenvalue weighted by Gasteiger charge is 2.61. The van der Waals surface area contributed by atoms with Gasteiger partial charge < -0.3 is 4.90 Å². The molecule has 0 aromatic heterocycles. The van der Waals surface area contributed by atoms with E-state index in [1.54, 1.807) is 17.0 Å². The third-order valence-corrected chi connectivity index (χ3v) is 7.34. The standard InChI is InChI=1S/C25H19F3N2O2S/c1-16-9-11-17(12-10-16)14-29-21-8-3-2-7-20(21)24(23(29)32)30(22(31)15-33-24)19-6-4-5-18(13-19)25(26,27)28/h2-13H,14-15H2,1H3/t24-/m1/s1. The Morgan fingerprint density at radius 1 is 0.970 bits per heavy atom. The van der Waals surface area contributed by atoms with E-state index in [4.69, 9.17) is 0 Å². The lowest BCUT2D eigenvalue weighted by molar-refractivity contribution is -0.137. The van der Waals surface area contributed by atoms with Gasteiger partial charge >= 0.3 is 6.18 Å². The summed E-state index contributed by atoms with van der Waals surface area (Å²) >= 11 is 1.15. The summed E-state index contributed by atoms with van der Waals surface area (Å²) in [6, 6.07) is 19.6. The molecule has 0 unspecified atom stereocenters. The molecule has 0 radical (unpaired) electrons. The Morgan fingerprint density at radius 2 is 1.70 bits per heavy atom. The highest BCUT2D eigenvalue weighted by Crippen LogP contribution is 2.56. The number of hydrogen-bond acceptors (Lipinski definition) is 3. The average Bonchev–Trinajstić information content (AvgIpc) is 3.26. The second-order valence-electron chi connectivity index (χ2n) is 8.10. The number of carbonyl (C=O) groups is 2. The summed E-state index contributed by atoms with van der Waals surface area (Å²) in [4.78, 5) is 28.4. The summed E-state index contributed by atoms with van der Waals surface area (Å²) in [5.41, 5.74) is 2.46. The molecule has 0 aliphatic carbocycles. The molecule has 0 N–H and O–H groups in total. The minimum Gasteiger partial charge on any atom is -0.304 e. The van der Waals surface area contributed by atoms with Crippen LogP contribution in [0.3, 0.4) is 0 Å². The van der Waals surface area contributed by atoms with Gasteiger partial charge in [-0.3, -0.25) is 14.5 Å².